The van der Waals surface area contributed by atoms with Crippen molar-refractivity contribution >= 4 is 48.1 Å². The van der Waals surface area contributed by atoms with Gasteiger partial charge in [-0.1, -0.05) is 53.8 Å². The van der Waals surface area contributed by atoms with E-state index in [1.54, 1.807) is 12.1 Å². The topological polar surface area (TPSA) is 68.5 Å². The first-order chi connectivity index (χ1) is 13.9. The van der Waals surface area contributed by atoms with Gasteiger partial charge in [0.15, 0.2) is 14.6 Å². The van der Waals surface area contributed by atoms with Gasteiger partial charge in [-0.3, -0.25) is 4.79 Å². The van der Waals surface area contributed by atoms with Crippen LogP contribution in [0.15, 0.2) is 70.6 Å². The molecule has 0 N–H and O–H groups in total. The molecule has 0 aliphatic rings. The standard InChI is InChI=1S/C22H20N2O3S2/c1-3-24-19-13-10-16-6-4-5-7-18(16)21(19)28-22(24)23-20(25)14-15-8-11-17(12-9-15)29(2,26)27/h4-13H,3,14H2,1-2H3. The molecule has 0 saturated carbocycles. The Morgan fingerprint density at radius 1 is 1.03 bits per heavy atom. The molecule has 0 radical (unpaired) electrons. The number of hydrogen-bond donors (Lipinski definition) is 0. The fourth-order valence-corrected chi connectivity index (χ4v) is 5.24. The Bertz CT molecular complexity index is 1400. The van der Waals surface area contributed by atoms with Crippen LogP contribution in [-0.4, -0.2) is 25.1 Å². The largest absolute Gasteiger partial charge is 0.317 e. The van der Waals surface area contributed by atoms with Gasteiger partial charge in [0.05, 0.1) is 21.5 Å². The molecule has 0 aliphatic carbocycles. The highest BCUT2D eigenvalue weighted by Crippen LogP contribution is 2.27. The lowest BCUT2D eigenvalue weighted by Crippen LogP contribution is -2.16. The van der Waals surface area contributed by atoms with Crippen molar-refractivity contribution in [2.24, 2.45) is 4.99 Å². The van der Waals surface area contributed by atoms with Gasteiger partial charge in [0.25, 0.3) is 5.91 Å². The summed E-state index contributed by atoms with van der Waals surface area (Å²) in [5.41, 5.74) is 1.81. The van der Waals surface area contributed by atoms with E-state index < -0.39 is 9.84 Å². The SMILES string of the molecule is CCn1c(=NC(=O)Cc2ccc(S(C)(=O)=O)cc2)sc2c3ccccc3ccc21. The minimum atomic E-state index is -3.25. The Morgan fingerprint density at radius 2 is 1.76 bits per heavy atom. The second-order valence-electron chi connectivity index (χ2n) is 6.86. The number of nitrogens with zero attached hydrogens (tertiary/aromatic N) is 2. The highest BCUT2D eigenvalue weighted by atomic mass is 32.2. The van der Waals surface area contributed by atoms with Crippen molar-refractivity contribution in [3.8, 4) is 0 Å². The van der Waals surface area contributed by atoms with E-state index in [2.05, 4.69) is 33.8 Å². The summed E-state index contributed by atoms with van der Waals surface area (Å²) < 4.78 is 26.3. The second kappa shape index (κ2) is 7.57. The molecule has 0 spiro atoms. The van der Waals surface area contributed by atoms with E-state index in [-0.39, 0.29) is 17.2 Å². The van der Waals surface area contributed by atoms with Gasteiger partial charge in [-0.05, 0) is 36.1 Å². The smallest absolute Gasteiger partial charge is 0.252 e. The molecule has 1 aromatic heterocycles. The molecule has 0 unspecified atom stereocenters. The van der Waals surface area contributed by atoms with Crippen LogP contribution in [0.4, 0.5) is 0 Å². The number of aryl methyl sites for hydroxylation is 1. The summed E-state index contributed by atoms with van der Waals surface area (Å²) >= 11 is 1.52. The van der Waals surface area contributed by atoms with Crippen LogP contribution in [0, 0.1) is 0 Å². The van der Waals surface area contributed by atoms with E-state index >= 15 is 0 Å². The van der Waals surface area contributed by atoms with Gasteiger partial charge in [-0.15, -0.1) is 0 Å². The normalized spacial score (nSPS) is 12.7. The molecule has 7 heteroatoms. The third kappa shape index (κ3) is 3.88. The van der Waals surface area contributed by atoms with E-state index in [4.69, 9.17) is 0 Å². The van der Waals surface area contributed by atoms with Crippen LogP contribution in [0.3, 0.4) is 0 Å². The fraction of sp³-hybridized carbons (Fsp3) is 0.182. The van der Waals surface area contributed by atoms with Crippen LogP contribution in [0.25, 0.3) is 21.0 Å². The molecule has 0 saturated heterocycles. The van der Waals surface area contributed by atoms with Gasteiger partial charge in [-0.25, -0.2) is 8.42 Å². The minimum absolute atomic E-state index is 0.128. The molecule has 1 amide bonds. The lowest BCUT2D eigenvalue weighted by Gasteiger charge is -2.02. The summed E-state index contributed by atoms with van der Waals surface area (Å²) in [5, 5.41) is 2.32. The van der Waals surface area contributed by atoms with Crippen LogP contribution >= 0.6 is 11.3 Å². The third-order valence-corrected chi connectivity index (χ3v) is 7.07. The van der Waals surface area contributed by atoms with Crippen molar-refractivity contribution in [3.63, 3.8) is 0 Å². The average molecular weight is 425 g/mol. The van der Waals surface area contributed by atoms with Gasteiger partial charge in [0.1, 0.15) is 0 Å². The van der Waals surface area contributed by atoms with Crippen molar-refractivity contribution in [2.75, 3.05) is 6.26 Å². The molecule has 29 heavy (non-hydrogen) atoms. The zero-order chi connectivity index (χ0) is 20.6. The first-order valence-corrected chi connectivity index (χ1v) is 12.0. The van der Waals surface area contributed by atoms with Gasteiger partial charge in [-0.2, -0.15) is 4.99 Å². The van der Waals surface area contributed by atoms with Crippen molar-refractivity contribution in [1.82, 2.24) is 4.57 Å². The maximum absolute atomic E-state index is 12.6. The van der Waals surface area contributed by atoms with Crippen molar-refractivity contribution in [3.05, 3.63) is 71.0 Å². The Kier molecular flexibility index (Phi) is 5.10. The van der Waals surface area contributed by atoms with E-state index in [1.807, 2.05) is 19.1 Å². The summed E-state index contributed by atoms with van der Waals surface area (Å²) in [4.78, 5) is 17.9. The Balaban J connectivity index is 1.71. The maximum atomic E-state index is 12.6. The summed E-state index contributed by atoms with van der Waals surface area (Å²) in [5.74, 6) is -0.254. The fourth-order valence-electron chi connectivity index (χ4n) is 3.36. The molecule has 4 aromatic rings. The highest BCUT2D eigenvalue weighted by molar-refractivity contribution is 7.90. The predicted molar refractivity (Wildman–Crippen MR) is 117 cm³/mol. The van der Waals surface area contributed by atoms with Crippen molar-refractivity contribution in [1.29, 1.82) is 0 Å². The number of sulfone groups is 1. The molecule has 0 bridgehead atoms. The first kappa shape index (κ1) is 19.5. The number of amides is 1. The molecule has 4 rings (SSSR count). The van der Waals surface area contributed by atoms with Gasteiger partial charge < -0.3 is 4.57 Å². The monoisotopic (exact) mass is 424 g/mol. The molecule has 148 valence electrons. The van der Waals surface area contributed by atoms with Crippen LogP contribution in [0.2, 0.25) is 0 Å². The number of carbonyl (C=O) groups is 1. The molecule has 3 aromatic carbocycles. The summed E-state index contributed by atoms with van der Waals surface area (Å²) in [6.07, 6.45) is 1.29. The van der Waals surface area contributed by atoms with Crippen molar-refractivity contribution in [2.45, 2.75) is 24.8 Å². The molecule has 1 heterocycles. The van der Waals surface area contributed by atoms with Crippen LogP contribution in [0.5, 0.6) is 0 Å². The number of thiazole rings is 1. The second-order valence-corrected chi connectivity index (χ2v) is 9.86. The zero-order valence-electron chi connectivity index (χ0n) is 16.1. The van der Waals surface area contributed by atoms with E-state index in [0.29, 0.717) is 11.3 Å². The predicted octanol–water partition coefficient (Wildman–Crippen LogP) is 3.95. The molecule has 0 fully saturated rings. The van der Waals surface area contributed by atoms with Crippen LogP contribution in [0.1, 0.15) is 12.5 Å². The number of aromatic nitrogens is 1. The zero-order valence-corrected chi connectivity index (χ0v) is 17.8. The van der Waals surface area contributed by atoms with E-state index in [9.17, 15) is 13.2 Å². The Morgan fingerprint density at radius 3 is 2.45 bits per heavy atom. The molecular weight excluding hydrogens is 404 g/mol. The molecule has 5 nitrogen and oxygen atoms in total. The first-order valence-electron chi connectivity index (χ1n) is 9.24. The molecule has 0 atom stereocenters. The van der Waals surface area contributed by atoms with Gasteiger partial charge in [0, 0.05) is 18.2 Å². The Hall–Kier alpha value is -2.77. The highest BCUT2D eigenvalue weighted by Gasteiger charge is 2.11. The number of rotatable bonds is 4. The summed E-state index contributed by atoms with van der Waals surface area (Å²) in [7, 11) is -3.25. The summed E-state index contributed by atoms with van der Waals surface area (Å²) in [6, 6.07) is 18.7. The third-order valence-electron chi connectivity index (χ3n) is 4.82. The lowest BCUT2D eigenvalue weighted by molar-refractivity contribution is -0.117. The van der Waals surface area contributed by atoms with E-state index in [0.717, 1.165) is 32.8 Å². The molecular formula is C22H20N2O3S2. The quantitative estimate of drug-likeness (QED) is 0.498. The number of benzene rings is 3. The number of hydrogen-bond acceptors (Lipinski definition) is 4. The van der Waals surface area contributed by atoms with Gasteiger partial charge in [0.2, 0.25) is 0 Å². The van der Waals surface area contributed by atoms with Crippen molar-refractivity contribution < 1.29 is 13.2 Å². The Labute approximate surface area is 172 Å². The number of fused-ring (bicyclic) bond motifs is 3. The van der Waals surface area contributed by atoms with Crippen LogP contribution in [-0.2, 0) is 27.6 Å². The lowest BCUT2D eigenvalue weighted by atomic mass is 10.1. The summed E-state index contributed by atoms with van der Waals surface area (Å²) in [6.45, 7) is 2.75. The van der Waals surface area contributed by atoms with Gasteiger partial charge >= 0.3 is 0 Å². The number of carbonyl (C=O) groups excluding carboxylic acids is 1. The maximum Gasteiger partial charge on any atom is 0.252 e. The van der Waals surface area contributed by atoms with E-state index in [1.165, 1.54) is 23.5 Å². The van der Waals surface area contributed by atoms with Crippen LogP contribution < -0.4 is 4.80 Å². The average Bonchev–Trinajstić information content (AvgIpc) is 3.05. The minimum Gasteiger partial charge on any atom is -0.317 e. The molecule has 0 aliphatic heterocycles.